The van der Waals surface area contributed by atoms with Crippen LogP contribution >= 0.6 is 15.2 Å². The Labute approximate surface area is 104 Å². The summed E-state index contributed by atoms with van der Waals surface area (Å²) in [5.41, 5.74) is 0.743. The summed E-state index contributed by atoms with van der Waals surface area (Å²) in [5.74, 6) is 0. The molecule has 0 heterocycles. The molecule has 102 valence electrons. The SMILES string of the molecule is O=P(O)(O)C(COCc1ccccc1)P(=O)(O)O. The van der Waals surface area contributed by atoms with E-state index in [1.165, 1.54) is 0 Å². The summed E-state index contributed by atoms with van der Waals surface area (Å²) in [5, 5.41) is -2.12. The molecule has 0 unspecified atom stereocenters. The Kier molecular flexibility index (Phi) is 5.25. The third kappa shape index (κ3) is 5.00. The minimum Gasteiger partial charge on any atom is -0.375 e. The van der Waals surface area contributed by atoms with Crippen molar-refractivity contribution in [2.45, 2.75) is 12.0 Å². The first-order valence-electron chi connectivity index (χ1n) is 4.93. The smallest absolute Gasteiger partial charge is 0.343 e. The molecule has 0 spiro atoms. The highest BCUT2D eigenvalue weighted by atomic mass is 31.2. The van der Waals surface area contributed by atoms with Crippen LogP contribution in [0.5, 0.6) is 0 Å². The van der Waals surface area contributed by atoms with E-state index in [0.717, 1.165) is 5.56 Å². The molecule has 0 aliphatic rings. The van der Waals surface area contributed by atoms with Crippen molar-refractivity contribution in [3.8, 4) is 0 Å². The van der Waals surface area contributed by atoms with Crippen LogP contribution in [0, 0.1) is 0 Å². The number of benzene rings is 1. The van der Waals surface area contributed by atoms with Gasteiger partial charge in [-0.05, 0) is 5.56 Å². The van der Waals surface area contributed by atoms with Crippen LogP contribution in [0.1, 0.15) is 5.56 Å². The number of rotatable bonds is 6. The Balaban J connectivity index is 2.60. The maximum absolute atomic E-state index is 10.9. The summed E-state index contributed by atoms with van der Waals surface area (Å²) >= 11 is 0. The van der Waals surface area contributed by atoms with Gasteiger partial charge in [0.2, 0.25) is 0 Å². The van der Waals surface area contributed by atoms with Gasteiger partial charge in [-0.15, -0.1) is 0 Å². The topological polar surface area (TPSA) is 124 Å². The van der Waals surface area contributed by atoms with E-state index in [1.807, 2.05) is 0 Å². The second-order valence-electron chi connectivity index (χ2n) is 3.66. The van der Waals surface area contributed by atoms with Gasteiger partial charge in [0.15, 0.2) is 5.40 Å². The molecule has 0 aromatic heterocycles. The Bertz CT molecular complexity index is 441. The molecule has 4 N–H and O–H groups in total. The van der Waals surface area contributed by atoms with Crippen LogP contribution in [-0.4, -0.2) is 31.6 Å². The Morgan fingerprint density at radius 3 is 1.94 bits per heavy atom. The highest BCUT2D eigenvalue weighted by molar-refractivity contribution is 7.70. The quantitative estimate of drug-likeness (QED) is 0.574. The molecular formula is C9H14O7P2. The van der Waals surface area contributed by atoms with Crippen molar-refractivity contribution in [2.75, 3.05) is 6.61 Å². The van der Waals surface area contributed by atoms with E-state index in [-0.39, 0.29) is 6.61 Å². The lowest BCUT2D eigenvalue weighted by Crippen LogP contribution is -2.16. The summed E-state index contributed by atoms with van der Waals surface area (Å²) in [6.45, 7) is -0.680. The monoisotopic (exact) mass is 296 g/mol. The van der Waals surface area contributed by atoms with Crippen molar-refractivity contribution >= 4 is 15.2 Å². The molecule has 7 nitrogen and oxygen atoms in total. The average Bonchev–Trinajstić information content (AvgIpc) is 2.22. The van der Waals surface area contributed by atoms with E-state index in [4.69, 9.17) is 24.3 Å². The van der Waals surface area contributed by atoms with E-state index in [2.05, 4.69) is 0 Å². The molecule has 0 bridgehead atoms. The van der Waals surface area contributed by atoms with Crippen molar-refractivity contribution in [3.05, 3.63) is 35.9 Å². The van der Waals surface area contributed by atoms with Gasteiger partial charge in [-0.25, -0.2) is 0 Å². The van der Waals surface area contributed by atoms with Gasteiger partial charge in [-0.3, -0.25) is 9.13 Å². The zero-order valence-electron chi connectivity index (χ0n) is 9.29. The molecule has 0 aliphatic heterocycles. The predicted octanol–water partition coefficient (Wildman–Crippen LogP) is 0.885. The molecule has 1 aromatic rings. The van der Waals surface area contributed by atoms with E-state index in [0.29, 0.717) is 0 Å². The third-order valence-corrected chi connectivity index (χ3v) is 5.81. The summed E-state index contributed by atoms with van der Waals surface area (Å²) in [6.07, 6.45) is 0. The first-order chi connectivity index (χ1) is 8.21. The molecule has 18 heavy (non-hydrogen) atoms. The van der Waals surface area contributed by atoms with Crippen LogP contribution in [-0.2, 0) is 20.5 Å². The largest absolute Gasteiger partial charge is 0.375 e. The normalized spacial score (nSPS) is 12.9. The van der Waals surface area contributed by atoms with Crippen LogP contribution in [0.15, 0.2) is 30.3 Å². The molecule has 0 saturated carbocycles. The van der Waals surface area contributed by atoms with Crippen molar-refractivity contribution in [2.24, 2.45) is 0 Å². The average molecular weight is 296 g/mol. The van der Waals surface area contributed by atoms with Crippen LogP contribution in [0.25, 0.3) is 0 Å². The van der Waals surface area contributed by atoms with Crippen LogP contribution in [0.2, 0.25) is 0 Å². The summed E-state index contributed by atoms with van der Waals surface area (Å²) in [6, 6.07) is 8.75. The summed E-state index contributed by atoms with van der Waals surface area (Å²) in [4.78, 5) is 35.4. The van der Waals surface area contributed by atoms with E-state index < -0.39 is 27.2 Å². The zero-order valence-corrected chi connectivity index (χ0v) is 11.1. The Morgan fingerprint density at radius 1 is 1.00 bits per heavy atom. The van der Waals surface area contributed by atoms with E-state index in [1.54, 1.807) is 30.3 Å². The number of hydrogen-bond donors (Lipinski definition) is 4. The van der Waals surface area contributed by atoms with Gasteiger partial charge in [0, 0.05) is 0 Å². The lowest BCUT2D eigenvalue weighted by Gasteiger charge is -2.19. The van der Waals surface area contributed by atoms with Crippen LogP contribution in [0.4, 0.5) is 0 Å². The van der Waals surface area contributed by atoms with Crippen molar-refractivity contribution < 1.29 is 33.4 Å². The number of ether oxygens (including phenoxy) is 1. The molecule has 1 aromatic carbocycles. The van der Waals surface area contributed by atoms with Crippen LogP contribution < -0.4 is 0 Å². The van der Waals surface area contributed by atoms with Gasteiger partial charge in [0.1, 0.15) is 0 Å². The maximum atomic E-state index is 10.9. The van der Waals surface area contributed by atoms with Gasteiger partial charge in [0.25, 0.3) is 0 Å². The Morgan fingerprint density at radius 2 is 1.50 bits per heavy atom. The molecule has 1 rings (SSSR count). The first-order valence-corrected chi connectivity index (χ1v) is 8.29. The first kappa shape index (κ1) is 15.5. The predicted molar refractivity (Wildman–Crippen MR) is 64.0 cm³/mol. The van der Waals surface area contributed by atoms with E-state index in [9.17, 15) is 9.13 Å². The Hall–Kier alpha value is -0.520. The van der Waals surface area contributed by atoms with Crippen molar-refractivity contribution in [1.82, 2.24) is 0 Å². The van der Waals surface area contributed by atoms with Gasteiger partial charge in [-0.2, -0.15) is 0 Å². The van der Waals surface area contributed by atoms with Crippen molar-refractivity contribution in [3.63, 3.8) is 0 Å². The van der Waals surface area contributed by atoms with Gasteiger partial charge in [0.05, 0.1) is 13.2 Å². The molecule has 0 radical (unpaired) electrons. The highest BCUT2D eigenvalue weighted by Crippen LogP contribution is 2.59. The fourth-order valence-electron chi connectivity index (χ4n) is 1.25. The molecule has 0 aliphatic carbocycles. The molecule has 0 fully saturated rings. The summed E-state index contributed by atoms with van der Waals surface area (Å²) < 4.78 is 26.8. The molecule has 0 saturated heterocycles. The van der Waals surface area contributed by atoms with Crippen molar-refractivity contribution in [1.29, 1.82) is 0 Å². The fraction of sp³-hybridized carbons (Fsp3) is 0.333. The minimum absolute atomic E-state index is 0.0251. The molecule has 9 heteroatoms. The second-order valence-corrected chi connectivity index (χ2v) is 7.67. The zero-order chi connectivity index (χ0) is 13.8. The standard InChI is InChI=1S/C9H14O7P2/c10-17(11,12)9(18(13,14)15)7-16-6-8-4-2-1-3-5-8/h1-5,9H,6-7H2,(H2,10,11,12)(H2,13,14,15). The fourth-order valence-corrected chi connectivity index (χ4v) is 3.41. The summed E-state index contributed by atoms with van der Waals surface area (Å²) in [7, 11) is -9.81. The van der Waals surface area contributed by atoms with Crippen LogP contribution in [0.3, 0.4) is 0 Å². The second kappa shape index (κ2) is 6.08. The third-order valence-electron chi connectivity index (χ3n) is 2.15. The lowest BCUT2D eigenvalue weighted by atomic mass is 10.2. The molecule has 0 amide bonds. The van der Waals surface area contributed by atoms with Gasteiger partial charge in [-0.1, -0.05) is 30.3 Å². The minimum atomic E-state index is -4.91. The van der Waals surface area contributed by atoms with E-state index >= 15 is 0 Å². The maximum Gasteiger partial charge on any atom is 0.343 e. The highest BCUT2D eigenvalue weighted by Gasteiger charge is 2.43. The lowest BCUT2D eigenvalue weighted by molar-refractivity contribution is 0.122. The van der Waals surface area contributed by atoms with Gasteiger partial charge >= 0.3 is 15.2 Å². The molecular weight excluding hydrogens is 282 g/mol. The van der Waals surface area contributed by atoms with Gasteiger partial charge < -0.3 is 24.3 Å². The number of hydrogen-bond acceptors (Lipinski definition) is 3. The molecule has 0 atom stereocenters.